The topological polar surface area (TPSA) is 78.4 Å². The number of amides is 2. The van der Waals surface area contributed by atoms with Crippen molar-refractivity contribution < 1.29 is 9.59 Å². The second kappa shape index (κ2) is 7.46. The van der Waals surface area contributed by atoms with E-state index in [1.165, 1.54) is 0 Å². The van der Waals surface area contributed by atoms with Crippen molar-refractivity contribution in [3.8, 4) is 0 Å². The van der Waals surface area contributed by atoms with Crippen molar-refractivity contribution in [3.63, 3.8) is 0 Å². The fourth-order valence-corrected chi connectivity index (χ4v) is 3.03. The molecule has 0 bridgehead atoms. The highest BCUT2D eigenvalue weighted by Gasteiger charge is 2.26. The normalized spacial score (nSPS) is 16.0. The van der Waals surface area contributed by atoms with Gasteiger partial charge in [-0.1, -0.05) is 11.4 Å². The number of carbonyl (C=O) groups is 2. The molecule has 21 heavy (non-hydrogen) atoms. The van der Waals surface area contributed by atoms with Gasteiger partial charge in [0.25, 0.3) is 5.91 Å². The molecule has 1 aliphatic rings. The van der Waals surface area contributed by atoms with Gasteiger partial charge in [0, 0.05) is 32.7 Å². The van der Waals surface area contributed by atoms with E-state index in [1.54, 1.807) is 0 Å². The molecule has 1 aromatic rings. The molecule has 0 aromatic carbocycles. The average Bonchev–Trinajstić information content (AvgIpc) is 2.96. The molecule has 2 amide bonds. The Morgan fingerprint density at radius 3 is 2.57 bits per heavy atom. The Morgan fingerprint density at radius 2 is 1.95 bits per heavy atom. The molecule has 7 nitrogen and oxygen atoms in total. The quantitative estimate of drug-likeness (QED) is 0.828. The first kappa shape index (κ1) is 15.8. The van der Waals surface area contributed by atoms with Gasteiger partial charge in [0.2, 0.25) is 5.91 Å². The van der Waals surface area contributed by atoms with Crippen LogP contribution in [0.3, 0.4) is 0 Å². The van der Waals surface area contributed by atoms with E-state index < -0.39 is 0 Å². The lowest BCUT2D eigenvalue weighted by atomic mass is 10.2. The minimum atomic E-state index is 0.0134. The van der Waals surface area contributed by atoms with Crippen LogP contribution >= 0.6 is 11.5 Å². The fourth-order valence-electron chi connectivity index (χ4n) is 2.31. The number of nitrogens with one attached hydrogen (secondary N) is 1. The van der Waals surface area contributed by atoms with E-state index in [4.69, 9.17) is 0 Å². The zero-order chi connectivity index (χ0) is 15.2. The van der Waals surface area contributed by atoms with Gasteiger partial charge in [-0.05, 0) is 24.9 Å². The van der Waals surface area contributed by atoms with Crippen LogP contribution < -0.4 is 5.32 Å². The Morgan fingerprint density at radius 1 is 1.24 bits per heavy atom. The number of rotatable bonds is 5. The first-order valence-electron chi connectivity index (χ1n) is 7.25. The predicted octanol–water partition coefficient (Wildman–Crippen LogP) is -0.00560. The lowest BCUT2D eigenvalue weighted by molar-refractivity contribution is -0.122. The van der Waals surface area contributed by atoms with Crippen LogP contribution in [0.4, 0.5) is 0 Å². The molecule has 1 aliphatic heterocycles. The maximum absolute atomic E-state index is 12.4. The van der Waals surface area contributed by atoms with Crippen molar-refractivity contribution >= 4 is 23.3 Å². The summed E-state index contributed by atoms with van der Waals surface area (Å²) in [7, 11) is 0. The maximum atomic E-state index is 12.4. The van der Waals surface area contributed by atoms with Crippen LogP contribution in [-0.2, 0) is 11.2 Å². The third kappa shape index (κ3) is 3.98. The molecule has 1 N–H and O–H groups in total. The molecule has 0 unspecified atom stereocenters. The smallest absolute Gasteiger partial charge is 0.267 e. The minimum absolute atomic E-state index is 0.0134. The molecular weight excluding hydrogens is 290 g/mol. The summed E-state index contributed by atoms with van der Waals surface area (Å²) in [6.07, 6.45) is 0.717. The predicted molar refractivity (Wildman–Crippen MR) is 80.3 cm³/mol. The largest absolute Gasteiger partial charge is 0.355 e. The van der Waals surface area contributed by atoms with E-state index >= 15 is 0 Å². The minimum Gasteiger partial charge on any atom is -0.355 e. The van der Waals surface area contributed by atoms with Crippen LogP contribution in [0.1, 0.15) is 29.2 Å². The summed E-state index contributed by atoms with van der Waals surface area (Å²) in [5, 5.41) is 6.77. The number of nitrogens with zero attached hydrogens (tertiary/aromatic N) is 4. The standard InChI is InChI=1S/C13H21N5O2S/c1-3-10-12(21-16-15-10)13(20)18-7-5-17(6-8-18)9-11(19)14-4-2/h3-9H2,1-2H3,(H,14,19). The van der Waals surface area contributed by atoms with E-state index in [9.17, 15) is 9.59 Å². The molecule has 1 fully saturated rings. The van der Waals surface area contributed by atoms with E-state index in [1.807, 2.05) is 18.7 Å². The number of hydrogen-bond acceptors (Lipinski definition) is 6. The second-order valence-electron chi connectivity index (χ2n) is 4.92. The van der Waals surface area contributed by atoms with E-state index in [2.05, 4.69) is 19.8 Å². The number of piperazine rings is 1. The van der Waals surface area contributed by atoms with Crippen LogP contribution in [0.15, 0.2) is 0 Å². The highest BCUT2D eigenvalue weighted by molar-refractivity contribution is 7.08. The lowest BCUT2D eigenvalue weighted by Crippen LogP contribution is -2.51. The SMILES string of the molecule is CCNC(=O)CN1CCN(C(=O)c2snnc2CC)CC1. The number of hydrogen-bond donors (Lipinski definition) is 1. The van der Waals surface area contributed by atoms with Crippen molar-refractivity contribution in [3.05, 3.63) is 10.6 Å². The van der Waals surface area contributed by atoms with Crippen molar-refractivity contribution in [2.24, 2.45) is 0 Å². The van der Waals surface area contributed by atoms with Gasteiger partial charge in [-0.15, -0.1) is 5.10 Å². The van der Waals surface area contributed by atoms with Crippen molar-refractivity contribution in [2.45, 2.75) is 20.3 Å². The Balaban J connectivity index is 1.86. The van der Waals surface area contributed by atoms with Crippen LogP contribution in [0.5, 0.6) is 0 Å². The summed E-state index contributed by atoms with van der Waals surface area (Å²) in [6, 6.07) is 0. The van der Waals surface area contributed by atoms with Gasteiger partial charge in [-0.3, -0.25) is 14.5 Å². The summed E-state index contributed by atoms with van der Waals surface area (Å²) in [4.78, 5) is 28.5. The molecule has 0 atom stereocenters. The molecule has 0 spiro atoms. The lowest BCUT2D eigenvalue weighted by Gasteiger charge is -2.34. The van der Waals surface area contributed by atoms with Gasteiger partial charge in [0.15, 0.2) is 0 Å². The zero-order valence-corrected chi connectivity index (χ0v) is 13.3. The first-order chi connectivity index (χ1) is 10.2. The monoisotopic (exact) mass is 311 g/mol. The molecule has 1 aromatic heterocycles. The molecule has 2 rings (SSSR count). The van der Waals surface area contributed by atoms with Gasteiger partial charge in [0.1, 0.15) is 4.88 Å². The Hall–Kier alpha value is -1.54. The summed E-state index contributed by atoms with van der Waals surface area (Å²) in [5.74, 6) is 0.0525. The van der Waals surface area contributed by atoms with Crippen molar-refractivity contribution in [2.75, 3.05) is 39.3 Å². The van der Waals surface area contributed by atoms with E-state index in [0.717, 1.165) is 30.3 Å². The highest BCUT2D eigenvalue weighted by atomic mass is 32.1. The molecule has 116 valence electrons. The second-order valence-corrected chi connectivity index (χ2v) is 5.68. The third-order valence-corrected chi connectivity index (χ3v) is 4.24. The van der Waals surface area contributed by atoms with Crippen molar-refractivity contribution in [1.82, 2.24) is 24.7 Å². The molecule has 0 radical (unpaired) electrons. The molecule has 0 saturated carbocycles. The molecule has 0 aliphatic carbocycles. The molecule has 1 saturated heterocycles. The highest BCUT2D eigenvalue weighted by Crippen LogP contribution is 2.15. The van der Waals surface area contributed by atoms with Crippen molar-refractivity contribution in [1.29, 1.82) is 0 Å². The fraction of sp³-hybridized carbons (Fsp3) is 0.692. The summed E-state index contributed by atoms with van der Waals surface area (Å²) in [5.41, 5.74) is 0.773. The Bertz CT molecular complexity index is 497. The number of likely N-dealkylation sites (N-methyl/N-ethyl adjacent to an activating group) is 1. The average molecular weight is 311 g/mol. The van der Waals surface area contributed by atoms with Crippen LogP contribution in [-0.4, -0.2) is 70.5 Å². The van der Waals surface area contributed by atoms with Gasteiger partial charge in [-0.25, -0.2) is 0 Å². The maximum Gasteiger partial charge on any atom is 0.267 e. The summed E-state index contributed by atoms with van der Waals surface area (Å²) >= 11 is 1.16. The van der Waals surface area contributed by atoms with Crippen LogP contribution in [0.25, 0.3) is 0 Å². The van der Waals surface area contributed by atoms with Gasteiger partial charge < -0.3 is 10.2 Å². The van der Waals surface area contributed by atoms with E-state index in [-0.39, 0.29) is 11.8 Å². The number of aromatic nitrogens is 2. The molecule has 2 heterocycles. The van der Waals surface area contributed by atoms with Crippen LogP contribution in [0.2, 0.25) is 0 Å². The Kier molecular flexibility index (Phi) is 5.63. The Labute approximate surface area is 128 Å². The van der Waals surface area contributed by atoms with E-state index in [0.29, 0.717) is 37.5 Å². The third-order valence-electron chi connectivity index (χ3n) is 3.49. The summed E-state index contributed by atoms with van der Waals surface area (Å²) < 4.78 is 3.86. The summed E-state index contributed by atoms with van der Waals surface area (Å²) in [6.45, 7) is 7.64. The van der Waals surface area contributed by atoms with Gasteiger partial charge >= 0.3 is 0 Å². The van der Waals surface area contributed by atoms with Crippen LogP contribution in [0, 0.1) is 0 Å². The number of aryl methyl sites for hydroxylation is 1. The van der Waals surface area contributed by atoms with Gasteiger partial charge in [-0.2, -0.15) is 0 Å². The molecule has 8 heteroatoms. The zero-order valence-electron chi connectivity index (χ0n) is 12.5. The molecular formula is C13H21N5O2S. The van der Waals surface area contributed by atoms with Gasteiger partial charge in [0.05, 0.1) is 12.2 Å². The first-order valence-corrected chi connectivity index (χ1v) is 8.02. The number of carbonyl (C=O) groups excluding carboxylic acids is 2.